The van der Waals surface area contributed by atoms with E-state index in [0.29, 0.717) is 11.1 Å². The lowest BCUT2D eigenvalue weighted by Crippen LogP contribution is -2.53. The normalized spacial score (nSPS) is 17.5. The maximum Gasteiger partial charge on any atom is 0.338 e. The Bertz CT molecular complexity index is 1260. The van der Waals surface area contributed by atoms with Crippen molar-refractivity contribution in [2.24, 2.45) is 0 Å². The Labute approximate surface area is 205 Å². The summed E-state index contributed by atoms with van der Waals surface area (Å²) >= 11 is 0. The summed E-state index contributed by atoms with van der Waals surface area (Å²) in [5.41, 5.74) is 3.96. The van der Waals surface area contributed by atoms with Crippen molar-refractivity contribution in [3.63, 3.8) is 0 Å². The van der Waals surface area contributed by atoms with Crippen molar-refractivity contribution >= 4 is 11.9 Å². The molecule has 174 valence electrons. The molecule has 0 radical (unpaired) electrons. The molecule has 0 unspecified atom stereocenters. The molecule has 0 aromatic heterocycles. The number of benzene rings is 4. The van der Waals surface area contributed by atoms with Crippen LogP contribution in [-0.2, 0) is 4.74 Å². The Hall–Kier alpha value is -4.18. The zero-order valence-electron chi connectivity index (χ0n) is 19.6. The van der Waals surface area contributed by atoms with Gasteiger partial charge in [0.2, 0.25) is 0 Å². The Balaban J connectivity index is 1.65. The lowest BCUT2D eigenvalue weighted by Gasteiger charge is -2.56. The number of amides is 1. The van der Waals surface area contributed by atoms with Gasteiger partial charge in [0.05, 0.1) is 29.8 Å². The van der Waals surface area contributed by atoms with Crippen molar-refractivity contribution in [3.8, 4) is 0 Å². The van der Waals surface area contributed by atoms with Gasteiger partial charge < -0.3 is 9.64 Å². The molecule has 0 saturated carbocycles. The second kappa shape index (κ2) is 9.98. The molecule has 1 amide bonds. The van der Waals surface area contributed by atoms with Crippen molar-refractivity contribution < 1.29 is 14.3 Å². The van der Waals surface area contributed by atoms with E-state index in [4.69, 9.17) is 4.74 Å². The first kappa shape index (κ1) is 22.6. The van der Waals surface area contributed by atoms with Gasteiger partial charge in [-0.25, -0.2) is 4.79 Å². The number of hydrogen-bond donors (Lipinski definition) is 0. The number of rotatable bonds is 6. The van der Waals surface area contributed by atoms with E-state index < -0.39 is 5.97 Å². The summed E-state index contributed by atoms with van der Waals surface area (Å²) in [4.78, 5) is 28.8. The van der Waals surface area contributed by atoms with Gasteiger partial charge in [0.15, 0.2) is 0 Å². The molecule has 35 heavy (non-hydrogen) atoms. The molecule has 1 fully saturated rings. The Morgan fingerprint density at radius 3 is 1.54 bits per heavy atom. The molecule has 4 aromatic carbocycles. The van der Waals surface area contributed by atoms with Crippen molar-refractivity contribution in [3.05, 3.63) is 143 Å². The van der Waals surface area contributed by atoms with Gasteiger partial charge in [0, 0.05) is 5.92 Å². The highest BCUT2D eigenvalue weighted by Gasteiger charge is 2.53. The van der Waals surface area contributed by atoms with Crippen LogP contribution in [0.25, 0.3) is 0 Å². The third-order valence-electron chi connectivity index (χ3n) is 6.63. The van der Waals surface area contributed by atoms with Crippen LogP contribution < -0.4 is 0 Å². The highest BCUT2D eigenvalue weighted by atomic mass is 16.5. The first-order chi connectivity index (χ1) is 17.2. The lowest BCUT2D eigenvalue weighted by molar-refractivity contribution is -0.00617. The minimum Gasteiger partial charge on any atom is -0.462 e. The molecule has 1 heterocycles. The van der Waals surface area contributed by atoms with E-state index in [1.165, 1.54) is 5.56 Å². The van der Waals surface area contributed by atoms with Gasteiger partial charge in [-0.15, -0.1) is 0 Å². The van der Waals surface area contributed by atoms with E-state index in [1.54, 1.807) is 31.2 Å². The van der Waals surface area contributed by atoms with E-state index in [9.17, 15) is 9.59 Å². The molecule has 5 rings (SSSR count). The fraction of sp³-hybridized carbons (Fsp3) is 0.161. The van der Waals surface area contributed by atoms with Crippen LogP contribution in [0.1, 0.15) is 62.3 Å². The maximum atomic E-state index is 14.2. The summed E-state index contributed by atoms with van der Waals surface area (Å²) in [6.07, 6.45) is 0. The molecule has 4 heteroatoms. The van der Waals surface area contributed by atoms with Gasteiger partial charge in [-0.3, -0.25) is 4.79 Å². The fourth-order valence-electron chi connectivity index (χ4n) is 5.11. The Morgan fingerprint density at radius 1 is 0.629 bits per heavy atom. The van der Waals surface area contributed by atoms with Crippen molar-refractivity contribution in [1.82, 2.24) is 4.90 Å². The highest BCUT2D eigenvalue weighted by molar-refractivity contribution is 6.06. The number of nitrogens with zero attached hydrogens (tertiary/aromatic N) is 1. The van der Waals surface area contributed by atoms with Crippen LogP contribution in [0.4, 0.5) is 0 Å². The molecule has 4 aromatic rings. The highest BCUT2D eigenvalue weighted by Crippen LogP contribution is 2.58. The number of hydrogen-bond acceptors (Lipinski definition) is 3. The van der Waals surface area contributed by atoms with Gasteiger partial charge in [0.25, 0.3) is 5.91 Å². The van der Waals surface area contributed by atoms with Crippen LogP contribution in [-0.4, -0.2) is 23.4 Å². The zero-order chi connectivity index (χ0) is 24.2. The third kappa shape index (κ3) is 4.24. The molecule has 0 N–H and O–H groups in total. The fourth-order valence-corrected chi connectivity index (χ4v) is 5.11. The number of ether oxygens (including phenoxy) is 1. The van der Waals surface area contributed by atoms with Gasteiger partial charge in [-0.1, -0.05) is 103 Å². The first-order valence-corrected chi connectivity index (χ1v) is 11.9. The third-order valence-corrected chi connectivity index (χ3v) is 6.63. The Kier molecular flexibility index (Phi) is 6.44. The van der Waals surface area contributed by atoms with Gasteiger partial charge in [-0.2, -0.15) is 0 Å². The summed E-state index contributed by atoms with van der Waals surface area (Å²) in [7, 11) is 0. The summed E-state index contributed by atoms with van der Waals surface area (Å²) < 4.78 is 5.25. The summed E-state index contributed by atoms with van der Waals surface area (Å²) in [6, 6.07) is 37.2. The predicted molar refractivity (Wildman–Crippen MR) is 136 cm³/mol. The average molecular weight is 462 g/mol. The molecule has 1 saturated heterocycles. The van der Waals surface area contributed by atoms with Crippen molar-refractivity contribution in [2.75, 3.05) is 6.61 Å². The standard InChI is InChI=1S/C31H27NO3/c1-2-35-31(34)26-21-13-12-20-25(26)30(33)32-28(23-16-8-4-9-17-23)27(22-14-6-3-7-15-22)29(32)24-18-10-5-11-19-24/h3-21,27-29H,2H2,1H3/t28-,29-/m0/s1. The largest absolute Gasteiger partial charge is 0.462 e. The predicted octanol–water partition coefficient (Wildman–Crippen LogP) is 6.59. The van der Waals surface area contributed by atoms with Crippen LogP contribution >= 0.6 is 0 Å². The number of esters is 1. The van der Waals surface area contributed by atoms with E-state index in [-0.39, 0.29) is 30.5 Å². The van der Waals surface area contributed by atoms with Crippen LogP contribution in [0.2, 0.25) is 0 Å². The summed E-state index contributed by atoms with van der Waals surface area (Å²) in [5.74, 6) is -0.590. The quantitative estimate of drug-likeness (QED) is 0.305. The minimum atomic E-state index is -0.482. The summed E-state index contributed by atoms with van der Waals surface area (Å²) in [5, 5.41) is 0. The van der Waals surface area contributed by atoms with Crippen molar-refractivity contribution in [1.29, 1.82) is 0 Å². The van der Waals surface area contributed by atoms with Gasteiger partial charge >= 0.3 is 5.97 Å². The number of carbonyl (C=O) groups excluding carboxylic acids is 2. The molecule has 1 aliphatic heterocycles. The second-order valence-electron chi connectivity index (χ2n) is 8.63. The first-order valence-electron chi connectivity index (χ1n) is 11.9. The van der Waals surface area contributed by atoms with Crippen LogP contribution in [0.5, 0.6) is 0 Å². The molecular formula is C31H27NO3. The monoisotopic (exact) mass is 461 g/mol. The lowest BCUT2D eigenvalue weighted by atomic mass is 9.69. The number of likely N-dealkylation sites (tertiary alicyclic amines) is 1. The topological polar surface area (TPSA) is 46.6 Å². The van der Waals surface area contributed by atoms with E-state index in [1.807, 2.05) is 59.5 Å². The Morgan fingerprint density at radius 2 is 1.06 bits per heavy atom. The second-order valence-corrected chi connectivity index (χ2v) is 8.63. The molecule has 2 atom stereocenters. The smallest absolute Gasteiger partial charge is 0.338 e. The van der Waals surface area contributed by atoms with Crippen LogP contribution in [0, 0.1) is 0 Å². The van der Waals surface area contributed by atoms with Crippen LogP contribution in [0.3, 0.4) is 0 Å². The molecule has 0 bridgehead atoms. The summed E-state index contributed by atoms with van der Waals surface area (Å²) in [6.45, 7) is 2.01. The van der Waals surface area contributed by atoms with Gasteiger partial charge in [0.1, 0.15) is 0 Å². The SMILES string of the molecule is CCOC(=O)c1ccccc1C(=O)N1[C@@H](c2ccccc2)C(c2ccccc2)[C@@H]1c1ccccc1. The molecule has 4 nitrogen and oxygen atoms in total. The van der Waals surface area contributed by atoms with Gasteiger partial charge in [-0.05, 0) is 35.7 Å². The zero-order valence-corrected chi connectivity index (χ0v) is 19.6. The average Bonchev–Trinajstić information content (AvgIpc) is 2.90. The van der Waals surface area contributed by atoms with Crippen molar-refractivity contribution in [2.45, 2.75) is 24.9 Å². The maximum absolute atomic E-state index is 14.2. The molecule has 0 spiro atoms. The molecule has 1 aliphatic rings. The van der Waals surface area contributed by atoms with E-state index in [2.05, 4.69) is 36.4 Å². The molecular weight excluding hydrogens is 434 g/mol. The minimum absolute atomic E-state index is 0.0692. The van der Waals surface area contributed by atoms with E-state index >= 15 is 0 Å². The van der Waals surface area contributed by atoms with E-state index in [0.717, 1.165) is 11.1 Å². The molecule has 0 aliphatic carbocycles. The van der Waals surface area contributed by atoms with Crippen LogP contribution in [0.15, 0.2) is 115 Å². The number of carbonyl (C=O) groups is 2.